The van der Waals surface area contributed by atoms with Gasteiger partial charge in [-0.25, -0.2) is 0 Å². The quantitative estimate of drug-likeness (QED) is 0.411. The lowest BCUT2D eigenvalue weighted by atomic mass is 9.97. The molecule has 1 aromatic carbocycles. The third-order valence-corrected chi connectivity index (χ3v) is 7.86. The number of benzene rings is 1. The van der Waals surface area contributed by atoms with Crippen LogP contribution in [0.25, 0.3) is 0 Å². The molecule has 0 spiro atoms. The molecule has 6 heteroatoms. The molecule has 0 heterocycles. The summed E-state index contributed by atoms with van der Waals surface area (Å²) in [6, 6.07) is 8.74. The maximum atomic E-state index is 5.89. The van der Waals surface area contributed by atoms with Crippen LogP contribution in [0.5, 0.6) is 0 Å². The molecule has 0 bridgehead atoms. The molecule has 0 unspecified atom stereocenters. The first-order valence-electron chi connectivity index (χ1n) is 6.88. The van der Waals surface area contributed by atoms with Gasteiger partial charge in [-0.2, -0.15) is 0 Å². The van der Waals surface area contributed by atoms with Crippen molar-refractivity contribution in [1.29, 1.82) is 0 Å². The van der Waals surface area contributed by atoms with Gasteiger partial charge >= 0.3 is 0 Å². The Hall–Kier alpha value is 0.960. The van der Waals surface area contributed by atoms with Crippen molar-refractivity contribution < 1.29 is 0 Å². The van der Waals surface area contributed by atoms with Crippen LogP contribution < -0.4 is 0 Å². The Morgan fingerprint density at radius 1 is 0.667 bits per heavy atom. The molecular weight excluding hydrogens is 393 g/mol. The van der Waals surface area contributed by atoms with Crippen LogP contribution in [0.3, 0.4) is 0 Å². The molecule has 0 saturated heterocycles. The zero-order valence-corrected chi connectivity index (χ0v) is 15.9. The standard InChI is InChI=1S/C9H10.C6H6Cl6/c1-2-5-9-7-3-6-8(9)4-1;7-4(8)2-1-3-5(9,10)6(4,11)12/h1-2,4-5H,3,6-7H2;1-3H2. The van der Waals surface area contributed by atoms with Gasteiger partial charge in [0.05, 0.1) is 0 Å². The molecule has 1 saturated carbocycles. The summed E-state index contributed by atoms with van der Waals surface area (Å²) in [7, 11) is 0. The Morgan fingerprint density at radius 2 is 1.10 bits per heavy atom. The van der Waals surface area contributed by atoms with Gasteiger partial charge in [0.25, 0.3) is 0 Å². The van der Waals surface area contributed by atoms with Crippen LogP contribution in [0.2, 0.25) is 0 Å². The van der Waals surface area contributed by atoms with E-state index < -0.39 is 13.0 Å². The topological polar surface area (TPSA) is 0 Å². The summed E-state index contributed by atoms with van der Waals surface area (Å²) in [4.78, 5) is 0. The minimum atomic E-state index is -1.52. The second-order valence-electron chi connectivity index (χ2n) is 5.46. The Kier molecular flexibility index (Phi) is 5.95. The average Bonchev–Trinajstić information content (AvgIpc) is 2.85. The molecule has 3 rings (SSSR count). The Morgan fingerprint density at radius 3 is 1.48 bits per heavy atom. The van der Waals surface area contributed by atoms with E-state index in [1.54, 1.807) is 11.1 Å². The van der Waals surface area contributed by atoms with E-state index in [4.69, 9.17) is 69.6 Å². The molecule has 0 atom stereocenters. The molecule has 0 nitrogen and oxygen atoms in total. The van der Waals surface area contributed by atoms with Gasteiger partial charge in [0.15, 0.2) is 13.0 Å². The molecule has 0 N–H and O–H groups in total. The second kappa shape index (κ2) is 6.83. The van der Waals surface area contributed by atoms with E-state index in [0.29, 0.717) is 19.3 Å². The lowest BCUT2D eigenvalue weighted by Gasteiger charge is -2.45. The molecule has 0 aromatic heterocycles. The van der Waals surface area contributed by atoms with Gasteiger partial charge in [-0.3, -0.25) is 0 Å². The van der Waals surface area contributed by atoms with E-state index >= 15 is 0 Å². The smallest absolute Gasteiger partial charge is 0.0982 e. The number of hydrogen-bond acceptors (Lipinski definition) is 0. The maximum absolute atomic E-state index is 5.89. The first-order valence-corrected chi connectivity index (χ1v) is 9.14. The normalized spacial score (nSPS) is 24.7. The molecule has 1 aromatic rings. The van der Waals surface area contributed by atoms with Crippen LogP contribution in [0.1, 0.15) is 36.8 Å². The van der Waals surface area contributed by atoms with Crippen molar-refractivity contribution in [2.75, 3.05) is 0 Å². The highest BCUT2D eigenvalue weighted by Crippen LogP contribution is 2.60. The summed E-state index contributed by atoms with van der Waals surface area (Å²) in [6.07, 6.45) is 5.65. The highest BCUT2D eigenvalue weighted by molar-refractivity contribution is 6.69. The molecular formula is C15H16Cl6. The highest BCUT2D eigenvalue weighted by atomic mass is 35.5. The van der Waals surface area contributed by atoms with Crippen LogP contribution >= 0.6 is 69.6 Å². The molecule has 118 valence electrons. The summed E-state index contributed by atoms with van der Waals surface area (Å²) < 4.78 is -4.08. The summed E-state index contributed by atoms with van der Waals surface area (Å²) in [5.41, 5.74) is 3.13. The van der Waals surface area contributed by atoms with E-state index in [9.17, 15) is 0 Å². The van der Waals surface area contributed by atoms with Gasteiger partial charge in [0.2, 0.25) is 0 Å². The van der Waals surface area contributed by atoms with E-state index in [1.807, 2.05) is 0 Å². The lowest BCUT2D eigenvalue weighted by Crippen LogP contribution is -2.52. The Bertz CT molecular complexity index is 454. The van der Waals surface area contributed by atoms with Crippen molar-refractivity contribution in [3.05, 3.63) is 35.4 Å². The van der Waals surface area contributed by atoms with Crippen molar-refractivity contribution in [3.8, 4) is 0 Å². The molecule has 1 fully saturated rings. The van der Waals surface area contributed by atoms with E-state index in [2.05, 4.69) is 24.3 Å². The number of halogens is 6. The summed E-state index contributed by atoms with van der Waals surface area (Å²) in [6.45, 7) is 0. The minimum absolute atomic E-state index is 0.490. The van der Waals surface area contributed by atoms with Gasteiger partial charge in [-0.1, -0.05) is 93.9 Å². The fourth-order valence-corrected chi connectivity index (χ4v) is 4.38. The van der Waals surface area contributed by atoms with E-state index in [-0.39, 0.29) is 0 Å². The predicted molar refractivity (Wildman–Crippen MR) is 95.6 cm³/mol. The summed E-state index contributed by atoms with van der Waals surface area (Å²) in [5, 5.41) is 0. The van der Waals surface area contributed by atoms with Gasteiger partial charge < -0.3 is 0 Å². The largest absolute Gasteiger partial charge is 0.183 e. The van der Waals surface area contributed by atoms with E-state index in [0.717, 1.165) is 0 Å². The Balaban J connectivity index is 0.000000159. The second-order valence-corrected chi connectivity index (χ2v) is 9.75. The number of aryl methyl sites for hydroxylation is 2. The lowest BCUT2D eigenvalue weighted by molar-refractivity contribution is 0.429. The van der Waals surface area contributed by atoms with Gasteiger partial charge in [0.1, 0.15) is 0 Å². The van der Waals surface area contributed by atoms with Crippen molar-refractivity contribution in [2.45, 2.75) is 51.5 Å². The fraction of sp³-hybridized carbons (Fsp3) is 0.600. The zero-order chi connectivity index (χ0) is 15.7. The van der Waals surface area contributed by atoms with Gasteiger partial charge in [-0.05, 0) is 49.7 Å². The van der Waals surface area contributed by atoms with E-state index in [1.165, 1.54) is 19.3 Å². The van der Waals surface area contributed by atoms with Crippen molar-refractivity contribution >= 4 is 69.6 Å². The highest BCUT2D eigenvalue weighted by Gasteiger charge is 2.62. The molecule has 0 aliphatic heterocycles. The molecule has 2 aliphatic carbocycles. The first kappa shape index (κ1) is 18.3. The van der Waals surface area contributed by atoms with Crippen molar-refractivity contribution in [2.24, 2.45) is 0 Å². The molecule has 2 aliphatic rings. The zero-order valence-electron chi connectivity index (χ0n) is 11.3. The van der Waals surface area contributed by atoms with Crippen LogP contribution in [-0.4, -0.2) is 13.0 Å². The molecule has 21 heavy (non-hydrogen) atoms. The Labute approximate surface area is 156 Å². The maximum Gasteiger partial charge on any atom is 0.183 e. The monoisotopic (exact) mass is 406 g/mol. The van der Waals surface area contributed by atoms with Crippen molar-refractivity contribution in [1.82, 2.24) is 0 Å². The fourth-order valence-electron chi connectivity index (χ4n) is 2.63. The third kappa shape index (κ3) is 3.90. The van der Waals surface area contributed by atoms with Crippen LogP contribution in [0.15, 0.2) is 24.3 Å². The minimum Gasteiger partial charge on any atom is -0.0982 e. The summed E-state index contributed by atoms with van der Waals surface area (Å²) >= 11 is 35.3. The molecule has 0 radical (unpaired) electrons. The number of fused-ring (bicyclic) bond motifs is 1. The van der Waals surface area contributed by atoms with Crippen molar-refractivity contribution in [3.63, 3.8) is 0 Å². The predicted octanol–water partition coefficient (Wildman–Crippen LogP) is 6.87. The first-order chi connectivity index (χ1) is 9.67. The average molecular weight is 409 g/mol. The van der Waals surface area contributed by atoms with Crippen LogP contribution in [-0.2, 0) is 12.8 Å². The van der Waals surface area contributed by atoms with Gasteiger partial charge in [-0.15, -0.1) is 0 Å². The summed E-state index contributed by atoms with van der Waals surface area (Å²) in [5.74, 6) is 0. The van der Waals surface area contributed by atoms with Gasteiger partial charge in [0, 0.05) is 0 Å². The SMILES string of the molecule is ClC1(Cl)CCCC(Cl)(Cl)C1(Cl)Cl.c1ccc2c(c1)CCC2. The molecule has 0 amide bonds. The number of rotatable bonds is 0. The van der Waals surface area contributed by atoms with Crippen LogP contribution in [0.4, 0.5) is 0 Å². The number of alkyl halides is 6. The third-order valence-electron chi connectivity index (χ3n) is 3.91. The number of hydrogen-bond donors (Lipinski definition) is 0. The van der Waals surface area contributed by atoms with Crippen LogP contribution in [0, 0.1) is 0 Å².